The third-order valence-electron chi connectivity index (χ3n) is 3.39. The molecule has 1 amide bonds. The molecule has 1 saturated heterocycles. The Balaban J connectivity index is 1.83. The molecule has 6 heteroatoms. The maximum absolute atomic E-state index is 11.9. The Bertz CT molecular complexity index is 513. The Morgan fingerprint density at radius 1 is 1.32 bits per heavy atom. The van der Waals surface area contributed by atoms with Crippen LogP contribution in [0.3, 0.4) is 0 Å². The van der Waals surface area contributed by atoms with Gasteiger partial charge in [-0.3, -0.25) is 4.79 Å². The van der Waals surface area contributed by atoms with Crippen molar-refractivity contribution in [1.82, 2.24) is 5.32 Å². The number of amides is 1. The van der Waals surface area contributed by atoms with Gasteiger partial charge in [0.05, 0.1) is 18.3 Å². The lowest BCUT2D eigenvalue weighted by molar-refractivity contribution is -0.123. The van der Waals surface area contributed by atoms with Crippen LogP contribution >= 0.6 is 0 Å². The van der Waals surface area contributed by atoms with Crippen LogP contribution in [0.2, 0.25) is 0 Å². The van der Waals surface area contributed by atoms with Crippen molar-refractivity contribution in [1.29, 1.82) is 0 Å². The molecule has 2 N–H and O–H groups in total. The highest BCUT2D eigenvalue weighted by Crippen LogP contribution is 2.12. The van der Waals surface area contributed by atoms with Gasteiger partial charge in [-0.1, -0.05) is 6.07 Å². The van der Waals surface area contributed by atoms with Crippen LogP contribution in [0.1, 0.15) is 30.1 Å². The first-order valence-corrected chi connectivity index (χ1v) is 7.58. The van der Waals surface area contributed by atoms with E-state index in [9.17, 15) is 9.59 Å². The van der Waals surface area contributed by atoms with E-state index in [1.165, 1.54) is 0 Å². The third-order valence-corrected chi connectivity index (χ3v) is 3.39. The smallest absolute Gasteiger partial charge is 0.338 e. The molecule has 1 aromatic carbocycles. The summed E-state index contributed by atoms with van der Waals surface area (Å²) in [6.07, 6.45) is 1.98. The number of hydrogen-bond donors (Lipinski definition) is 2. The van der Waals surface area contributed by atoms with Gasteiger partial charge in [0.15, 0.2) is 0 Å². The average Bonchev–Trinajstić information content (AvgIpc) is 2.54. The summed E-state index contributed by atoms with van der Waals surface area (Å²) in [7, 11) is 0. The summed E-state index contributed by atoms with van der Waals surface area (Å²) in [5.41, 5.74) is 0.975. The second-order valence-corrected chi connectivity index (χ2v) is 5.11. The van der Waals surface area contributed by atoms with Gasteiger partial charge in [-0.05, 0) is 51.1 Å². The van der Waals surface area contributed by atoms with Crippen LogP contribution in [0.25, 0.3) is 0 Å². The SMILES string of the molecule is CCOC(=O)c1cccc(NC(=O)COC2CCNCC2)c1. The minimum atomic E-state index is -0.399. The fourth-order valence-electron chi connectivity index (χ4n) is 2.29. The van der Waals surface area contributed by atoms with E-state index in [1.807, 2.05) is 0 Å². The second-order valence-electron chi connectivity index (χ2n) is 5.11. The van der Waals surface area contributed by atoms with E-state index in [4.69, 9.17) is 9.47 Å². The zero-order valence-electron chi connectivity index (χ0n) is 12.8. The molecule has 0 saturated carbocycles. The van der Waals surface area contributed by atoms with Crippen LogP contribution in [0.5, 0.6) is 0 Å². The molecule has 120 valence electrons. The lowest BCUT2D eigenvalue weighted by Gasteiger charge is -2.22. The summed E-state index contributed by atoms with van der Waals surface area (Å²) in [5.74, 6) is -0.621. The molecule has 0 aliphatic carbocycles. The highest BCUT2D eigenvalue weighted by molar-refractivity contribution is 5.95. The molecule has 0 bridgehead atoms. The van der Waals surface area contributed by atoms with Gasteiger partial charge in [-0.2, -0.15) is 0 Å². The van der Waals surface area contributed by atoms with Crippen molar-refractivity contribution in [3.8, 4) is 0 Å². The summed E-state index contributed by atoms with van der Waals surface area (Å²) >= 11 is 0. The highest BCUT2D eigenvalue weighted by atomic mass is 16.5. The molecule has 1 fully saturated rings. The van der Waals surface area contributed by atoms with Gasteiger partial charge in [0.2, 0.25) is 5.91 Å². The molecule has 0 aromatic heterocycles. The lowest BCUT2D eigenvalue weighted by Crippen LogP contribution is -2.34. The van der Waals surface area contributed by atoms with Crippen LogP contribution in [-0.2, 0) is 14.3 Å². The molecule has 2 rings (SSSR count). The molecule has 0 unspecified atom stereocenters. The molecular formula is C16H22N2O4. The number of ether oxygens (including phenoxy) is 2. The molecule has 1 aliphatic heterocycles. The molecule has 0 spiro atoms. The normalized spacial score (nSPS) is 15.3. The molecular weight excluding hydrogens is 284 g/mol. The summed E-state index contributed by atoms with van der Waals surface area (Å²) in [6.45, 7) is 3.94. The predicted octanol–water partition coefficient (Wildman–Crippen LogP) is 1.57. The van der Waals surface area contributed by atoms with Crippen molar-refractivity contribution in [2.24, 2.45) is 0 Å². The van der Waals surface area contributed by atoms with E-state index < -0.39 is 5.97 Å². The van der Waals surface area contributed by atoms with Gasteiger partial charge >= 0.3 is 5.97 Å². The number of hydrogen-bond acceptors (Lipinski definition) is 5. The van der Waals surface area contributed by atoms with Crippen LogP contribution in [0, 0.1) is 0 Å². The first-order valence-electron chi connectivity index (χ1n) is 7.58. The number of rotatable bonds is 6. The van der Waals surface area contributed by atoms with Crippen LogP contribution in [0.15, 0.2) is 24.3 Å². The topological polar surface area (TPSA) is 76.7 Å². The van der Waals surface area contributed by atoms with Crippen LogP contribution in [0.4, 0.5) is 5.69 Å². The van der Waals surface area contributed by atoms with E-state index in [2.05, 4.69) is 10.6 Å². The van der Waals surface area contributed by atoms with Crippen LogP contribution in [-0.4, -0.2) is 44.3 Å². The fraction of sp³-hybridized carbons (Fsp3) is 0.500. The molecule has 1 heterocycles. The van der Waals surface area contributed by atoms with Crippen molar-refractivity contribution < 1.29 is 19.1 Å². The second kappa shape index (κ2) is 8.51. The molecule has 0 radical (unpaired) electrons. The summed E-state index contributed by atoms with van der Waals surface area (Å²) in [4.78, 5) is 23.5. The molecule has 22 heavy (non-hydrogen) atoms. The van der Waals surface area contributed by atoms with Crippen molar-refractivity contribution in [3.63, 3.8) is 0 Å². The lowest BCUT2D eigenvalue weighted by atomic mass is 10.1. The van der Waals surface area contributed by atoms with Crippen molar-refractivity contribution in [2.75, 3.05) is 31.6 Å². The Morgan fingerprint density at radius 3 is 2.82 bits per heavy atom. The number of carbonyl (C=O) groups excluding carboxylic acids is 2. The number of piperidine rings is 1. The molecule has 6 nitrogen and oxygen atoms in total. The first kappa shape index (κ1) is 16.5. The van der Waals surface area contributed by atoms with Gasteiger partial charge in [0, 0.05) is 5.69 Å². The largest absolute Gasteiger partial charge is 0.462 e. The van der Waals surface area contributed by atoms with Gasteiger partial charge in [-0.25, -0.2) is 4.79 Å². The maximum atomic E-state index is 11.9. The molecule has 1 aliphatic rings. The molecule has 0 atom stereocenters. The third kappa shape index (κ3) is 5.13. The van der Waals surface area contributed by atoms with E-state index >= 15 is 0 Å². The van der Waals surface area contributed by atoms with E-state index in [0.29, 0.717) is 17.9 Å². The number of esters is 1. The Hall–Kier alpha value is -1.92. The predicted molar refractivity (Wildman–Crippen MR) is 82.9 cm³/mol. The number of carbonyl (C=O) groups is 2. The minimum Gasteiger partial charge on any atom is -0.462 e. The van der Waals surface area contributed by atoms with E-state index in [-0.39, 0.29) is 18.6 Å². The molecule has 1 aromatic rings. The van der Waals surface area contributed by atoms with Gasteiger partial charge in [-0.15, -0.1) is 0 Å². The zero-order chi connectivity index (χ0) is 15.8. The number of nitrogens with one attached hydrogen (secondary N) is 2. The Labute approximate surface area is 130 Å². The minimum absolute atomic E-state index is 0.0221. The Morgan fingerprint density at radius 2 is 2.09 bits per heavy atom. The Kier molecular flexibility index (Phi) is 6.36. The number of anilines is 1. The first-order chi connectivity index (χ1) is 10.7. The van der Waals surface area contributed by atoms with Crippen molar-refractivity contribution in [3.05, 3.63) is 29.8 Å². The van der Waals surface area contributed by atoms with Crippen LogP contribution < -0.4 is 10.6 Å². The monoisotopic (exact) mass is 306 g/mol. The highest BCUT2D eigenvalue weighted by Gasteiger charge is 2.15. The van der Waals surface area contributed by atoms with Gasteiger partial charge in [0.25, 0.3) is 0 Å². The fourth-order valence-corrected chi connectivity index (χ4v) is 2.29. The van der Waals surface area contributed by atoms with Crippen molar-refractivity contribution >= 4 is 17.6 Å². The number of benzene rings is 1. The zero-order valence-corrected chi connectivity index (χ0v) is 12.8. The summed E-state index contributed by atoms with van der Waals surface area (Å²) in [6, 6.07) is 6.68. The van der Waals surface area contributed by atoms with Gasteiger partial charge in [0.1, 0.15) is 6.61 Å². The van der Waals surface area contributed by atoms with Crippen molar-refractivity contribution in [2.45, 2.75) is 25.9 Å². The standard InChI is InChI=1S/C16H22N2O4/c1-2-21-16(20)12-4-3-5-13(10-12)18-15(19)11-22-14-6-8-17-9-7-14/h3-5,10,14,17H,2,6-9,11H2,1H3,(H,18,19). The van der Waals surface area contributed by atoms with E-state index in [1.54, 1.807) is 31.2 Å². The maximum Gasteiger partial charge on any atom is 0.338 e. The quantitative estimate of drug-likeness (QED) is 0.780. The van der Waals surface area contributed by atoms with E-state index in [0.717, 1.165) is 25.9 Å². The average molecular weight is 306 g/mol. The summed E-state index contributed by atoms with van der Waals surface area (Å²) < 4.78 is 10.5. The van der Waals surface area contributed by atoms with Gasteiger partial charge < -0.3 is 20.1 Å². The summed E-state index contributed by atoms with van der Waals surface area (Å²) in [5, 5.41) is 5.98.